The highest BCUT2D eigenvalue weighted by Crippen LogP contribution is 2.27. The van der Waals surface area contributed by atoms with Gasteiger partial charge in [-0.3, -0.25) is 0 Å². The first kappa shape index (κ1) is 18.0. The van der Waals surface area contributed by atoms with Crippen LogP contribution in [0.5, 0.6) is 0 Å². The van der Waals surface area contributed by atoms with Gasteiger partial charge in [0, 0.05) is 48.0 Å². The fourth-order valence-electron chi connectivity index (χ4n) is 3.39. The molecule has 0 unspecified atom stereocenters. The Kier molecular flexibility index (Phi) is 5.10. The highest BCUT2D eigenvalue weighted by atomic mass is 35.5. The molecule has 0 radical (unpaired) electrons. The van der Waals surface area contributed by atoms with Gasteiger partial charge in [-0.25, -0.2) is 9.97 Å². The van der Waals surface area contributed by atoms with Crippen molar-refractivity contribution < 1.29 is 0 Å². The molecule has 0 aliphatic carbocycles. The zero-order valence-electron chi connectivity index (χ0n) is 15.7. The third-order valence-corrected chi connectivity index (χ3v) is 5.26. The molecule has 1 aliphatic heterocycles. The summed E-state index contributed by atoms with van der Waals surface area (Å²) in [5.74, 6) is 0.764. The molecule has 2 heterocycles. The molecule has 1 saturated heterocycles. The number of nitrogens with zero attached hydrogens (tertiary/aromatic N) is 4. The van der Waals surface area contributed by atoms with Crippen molar-refractivity contribution in [3.05, 3.63) is 65.4 Å². The average Bonchev–Trinajstić information content (AvgIpc) is 2.69. The second kappa shape index (κ2) is 7.67. The predicted octanol–water partition coefficient (Wildman–Crippen LogP) is 4.52. The third-order valence-electron chi connectivity index (χ3n) is 5.01. The molecule has 2 aromatic carbocycles. The highest BCUT2D eigenvalue weighted by Gasteiger charge is 2.14. The van der Waals surface area contributed by atoms with Crippen LogP contribution in [0, 0.1) is 6.92 Å². The largest absolute Gasteiger partial charge is 0.369 e. The maximum absolute atomic E-state index is 6.01. The summed E-state index contributed by atoms with van der Waals surface area (Å²) in [5.41, 5.74) is 5.28. The maximum Gasteiger partial charge on any atom is 0.126 e. The lowest BCUT2D eigenvalue weighted by Crippen LogP contribution is -2.44. The number of rotatable bonds is 3. The van der Waals surface area contributed by atoms with Gasteiger partial charge in [-0.1, -0.05) is 35.9 Å². The van der Waals surface area contributed by atoms with E-state index in [1.165, 1.54) is 5.69 Å². The summed E-state index contributed by atoms with van der Waals surface area (Å²) in [6, 6.07) is 18.5. The molecule has 0 N–H and O–H groups in total. The van der Waals surface area contributed by atoms with Gasteiger partial charge < -0.3 is 9.80 Å². The molecule has 0 amide bonds. The molecular formula is C22H23ClN4. The van der Waals surface area contributed by atoms with Crippen LogP contribution >= 0.6 is 11.6 Å². The standard InChI is InChI=1S/C22H23ClN4/c1-16-24-21(17-3-7-19(23)8-4-17)15-22(25-16)18-5-9-20(10-6-18)27-13-11-26(2)12-14-27/h3-10,15H,11-14H2,1-2H3. The summed E-state index contributed by atoms with van der Waals surface area (Å²) in [6.07, 6.45) is 0. The van der Waals surface area contributed by atoms with Crippen molar-refractivity contribution in [2.45, 2.75) is 6.92 Å². The Morgan fingerprint density at radius 3 is 1.85 bits per heavy atom. The van der Waals surface area contributed by atoms with E-state index in [9.17, 15) is 0 Å². The Labute approximate surface area is 165 Å². The predicted molar refractivity (Wildman–Crippen MR) is 112 cm³/mol. The number of halogens is 1. The van der Waals surface area contributed by atoms with Gasteiger partial charge in [0.25, 0.3) is 0 Å². The maximum atomic E-state index is 6.01. The van der Waals surface area contributed by atoms with Gasteiger partial charge in [0.1, 0.15) is 5.82 Å². The van der Waals surface area contributed by atoms with Crippen LogP contribution in [0.1, 0.15) is 5.82 Å². The number of hydrogen-bond donors (Lipinski definition) is 0. The lowest BCUT2D eigenvalue weighted by molar-refractivity contribution is 0.313. The zero-order valence-corrected chi connectivity index (χ0v) is 16.4. The Morgan fingerprint density at radius 1 is 0.778 bits per heavy atom. The quantitative estimate of drug-likeness (QED) is 0.670. The van der Waals surface area contributed by atoms with Gasteiger partial charge in [-0.05, 0) is 44.3 Å². The molecule has 0 atom stereocenters. The lowest BCUT2D eigenvalue weighted by Gasteiger charge is -2.34. The average molecular weight is 379 g/mol. The molecule has 1 aromatic heterocycles. The second-order valence-electron chi connectivity index (χ2n) is 7.03. The molecule has 3 aromatic rings. The van der Waals surface area contributed by atoms with Crippen LogP contribution in [0.25, 0.3) is 22.5 Å². The molecule has 0 saturated carbocycles. The van der Waals surface area contributed by atoms with E-state index in [1.54, 1.807) is 0 Å². The van der Waals surface area contributed by atoms with E-state index < -0.39 is 0 Å². The summed E-state index contributed by atoms with van der Waals surface area (Å²) in [5, 5.41) is 0.726. The minimum absolute atomic E-state index is 0.726. The van der Waals surface area contributed by atoms with Crippen molar-refractivity contribution in [1.82, 2.24) is 14.9 Å². The molecule has 1 aliphatic rings. The number of anilines is 1. The van der Waals surface area contributed by atoms with Crippen LogP contribution in [0.2, 0.25) is 5.02 Å². The second-order valence-corrected chi connectivity index (χ2v) is 7.47. The van der Waals surface area contributed by atoms with E-state index in [-0.39, 0.29) is 0 Å². The van der Waals surface area contributed by atoms with Crippen molar-refractivity contribution in [3.63, 3.8) is 0 Å². The molecule has 4 nitrogen and oxygen atoms in total. The van der Waals surface area contributed by atoms with Crippen LogP contribution in [0.4, 0.5) is 5.69 Å². The van der Waals surface area contributed by atoms with Crippen LogP contribution in [0.3, 0.4) is 0 Å². The summed E-state index contributed by atoms with van der Waals surface area (Å²) < 4.78 is 0. The van der Waals surface area contributed by atoms with Gasteiger partial charge in [-0.2, -0.15) is 0 Å². The summed E-state index contributed by atoms with van der Waals surface area (Å²) >= 11 is 6.01. The SMILES string of the molecule is Cc1nc(-c2ccc(Cl)cc2)cc(-c2ccc(N3CCN(C)CC3)cc2)n1. The van der Waals surface area contributed by atoms with Crippen LogP contribution in [0.15, 0.2) is 54.6 Å². The van der Waals surface area contributed by atoms with E-state index >= 15 is 0 Å². The molecule has 5 heteroatoms. The van der Waals surface area contributed by atoms with Crippen molar-refractivity contribution in [2.24, 2.45) is 0 Å². The number of aryl methyl sites for hydroxylation is 1. The zero-order chi connectivity index (χ0) is 18.8. The van der Waals surface area contributed by atoms with Crippen molar-refractivity contribution in [1.29, 1.82) is 0 Å². The number of piperazine rings is 1. The molecule has 138 valence electrons. The number of benzene rings is 2. The van der Waals surface area contributed by atoms with E-state index in [2.05, 4.69) is 51.1 Å². The molecule has 0 bridgehead atoms. The van der Waals surface area contributed by atoms with E-state index in [4.69, 9.17) is 11.6 Å². The molecular weight excluding hydrogens is 356 g/mol. The van der Waals surface area contributed by atoms with E-state index in [0.717, 1.165) is 59.5 Å². The van der Waals surface area contributed by atoms with Gasteiger partial charge in [0.2, 0.25) is 0 Å². The first-order chi connectivity index (χ1) is 13.1. The Hall–Kier alpha value is -2.43. The number of hydrogen-bond acceptors (Lipinski definition) is 4. The number of aromatic nitrogens is 2. The van der Waals surface area contributed by atoms with Crippen LogP contribution < -0.4 is 4.90 Å². The van der Waals surface area contributed by atoms with Crippen LogP contribution in [-0.4, -0.2) is 48.1 Å². The van der Waals surface area contributed by atoms with Crippen molar-refractivity contribution in [3.8, 4) is 22.5 Å². The third kappa shape index (κ3) is 4.12. The first-order valence-corrected chi connectivity index (χ1v) is 9.62. The fraction of sp³-hybridized carbons (Fsp3) is 0.273. The molecule has 4 rings (SSSR count). The van der Waals surface area contributed by atoms with E-state index in [1.807, 2.05) is 37.3 Å². The summed E-state index contributed by atoms with van der Waals surface area (Å²) in [6.45, 7) is 6.29. The van der Waals surface area contributed by atoms with Crippen molar-refractivity contribution >= 4 is 17.3 Å². The Balaban J connectivity index is 1.60. The summed E-state index contributed by atoms with van der Waals surface area (Å²) in [4.78, 5) is 14.0. The topological polar surface area (TPSA) is 32.3 Å². The van der Waals surface area contributed by atoms with Crippen molar-refractivity contribution in [2.75, 3.05) is 38.1 Å². The van der Waals surface area contributed by atoms with Crippen LogP contribution in [-0.2, 0) is 0 Å². The lowest BCUT2D eigenvalue weighted by atomic mass is 10.1. The smallest absolute Gasteiger partial charge is 0.126 e. The van der Waals surface area contributed by atoms with Gasteiger partial charge in [-0.15, -0.1) is 0 Å². The minimum Gasteiger partial charge on any atom is -0.369 e. The monoisotopic (exact) mass is 378 g/mol. The molecule has 0 spiro atoms. The van der Waals surface area contributed by atoms with Gasteiger partial charge in [0.15, 0.2) is 0 Å². The summed E-state index contributed by atoms with van der Waals surface area (Å²) in [7, 11) is 2.18. The Bertz CT molecular complexity index is 914. The fourth-order valence-corrected chi connectivity index (χ4v) is 3.52. The molecule has 1 fully saturated rings. The normalized spacial score (nSPS) is 15.1. The number of likely N-dealkylation sites (N-methyl/N-ethyl adjacent to an activating group) is 1. The van der Waals surface area contributed by atoms with E-state index in [0.29, 0.717) is 0 Å². The first-order valence-electron chi connectivity index (χ1n) is 9.24. The Morgan fingerprint density at radius 2 is 1.30 bits per heavy atom. The van der Waals surface area contributed by atoms with Gasteiger partial charge in [0.05, 0.1) is 11.4 Å². The minimum atomic E-state index is 0.726. The van der Waals surface area contributed by atoms with Gasteiger partial charge >= 0.3 is 0 Å². The molecule has 27 heavy (non-hydrogen) atoms. The highest BCUT2D eigenvalue weighted by molar-refractivity contribution is 6.30.